The monoisotopic (exact) mass is 378 g/mol. The first-order valence-electron chi connectivity index (χ1n) is 9.81. The average molecular weight is 379 g/mol. The Morgan fingerprint density at radius 3 is 2.73 bits per heavy atom. The first kappa shape index (κ1) is 19.4. The number of nitrogens with zero attached hydrogens (tertiary/aromatic N) is 2. The van der Waals surface area contributed by atoms with Gasteiger partial charge in [-0.15, -0.1) is 11.3 Å². The van der Waals surface area contributed by atoms with E-state index in [-0.39, 0.29) is 23.8 Å². The maximum atomic E-state index is 13.3. The highest BCUT2D eigenvalue weighted by molar-refractivity contribution is 7.09. The molecule has 0 N–H and O–H groups in total. The molecule has 0 bridgehead atoms. The summed E-state index contributed by atoms with van der Waals surface area (Å²) in [5.74, 6) is 0.419. The fraction of sp³-hybridized carbons (Fsp3) is 0.700. The number of likely N-dealkylation sites (tertiary alicyclic amines) is 1. The molecule has 1 aliphatic heterocycles. The van der Waals surface area contributed by atoms with Crippen LogP contribution in [0.3, 0.4) is 0 Å². The number of methoxy groups -OCH3 is 1. The van der Waals surface area contributed by atoms with Gasteiger partial charge in [-0.05, 0) is 37.1 Å². The van der Waals surface area contributed by atoms with Crippen LogP contribution in [-0.2, 0) is 20.9 Å². The Morgan fingerprint density at radius 1 is 1.23 bits per heavy atom. The number of carbonyl (C=O) groups is 2. The first-order valence-corrected chi connectivity index (χ1v) is 10.7. The zero-order valence-corrected chi connectivity index (χ0v) is 16.5. The second-order valence-corrected chi connectivity index (χ2v) is 8.39. The van der Waals surface area contributed by atoms with Crippen LogP contribution in [0.25, 0.3) is 0 Å². The molecular formula is C20H30N2O3S. The van der Waals surface area contributed by atoms with Crippen LogP contribution in [0.5, 0.6) is 0 Å². The maximum Gasteiger partial charge on any atom is 0.245 e. The van der Waals surface area contributed by atoms with Crippen molar-refractivity contribution in [3.63, 3.8) is 0 Å². The molecule has 5 nitrogen and oxygen atoms in total. The van der Waals surface area contributed by atoms with Gasteiger partial charge in [-0.2, -0.15) is 0 Å². The van der Waals surface area contributed by atoms with E-state index in [9.17, 15) is 9.59 Å². The largest absolute Gasteiger partial charge is 0.383 e. The molecule has 1 aromatic heterocycles. The highest BCUT2D eigenvalue weighted by atomic mass is 32.1. The number of rotatable bonds is 7. The molecule has 1 aromatic rings. The van der Waals surface area contributed by atoms with Crippen molar-refractivity contribution in [2.75, 3.05) is 26.8 Å². The molecule has 0 aromatic carbocycles. The highest BCUT2D eigenvalue weighted by Gasteiger charge is 2.39. The van der Waals surface area contributed by atoms with E-state index in [1.165, 1.54) is 6.42 Å². The molecule has 2 aliphatic rings. The van der Waals surface area contributed by atoms with Crippen molar-refractivity contribution >= 4 is 23.2 Å². The van der Waals surface area contributed by atoms with Crippen LogP contribution in [0.15, 0.2) is 17.5 Å². The zero-order valence-electron chi connectivity index (χ0n) is 15.7. The molecule has 0 unspecified atom stereocenters. The van der Waals surface area contributed by atoms with Crippen molar-refractivity contribution in [2.45, 2.75) is 57.5 Å². The van der Waals surface area contributed by atoms with Gasteiger partial charge in [-0.3, -0.25) is 9.59 Å². The molecule has 1 saturated heterocycles. The maximum absolute atomic E-state index is 13.3. The van der Waals surface area contributed by atoms with Crippen molar-refractivity contribution in [3.05, 3.63) is 22.4 Å². The molecule has 1 saturated carbocycles. The number of thiophene rings is 1. The van der Waals surface area contributed by atoms with Crippen molar-refractivity contribution in [3.8, 4) is 0 Å². The van der Waals surface area contributed by atoms with E-state index < -0.39 is 0 Å². The van der Waals surface area contributed by atoms with Gasteiger partial charge in [0.05, 0.1) is 13.2 Å². The summed E-state index contributed by atoms with van der Waals surface area (Å²) in [5, 5.41) is 2.03. The number of amides is 2. The first-order chi connectivity index (χ1) is 12.7. The van der Waals surface area contributed by atoms with Crippen molar-refractivity contribution in [1.29, 1.82) is 0 Å². The van der Waals surface area contributed by atoms with E-state index >= 15 is 0 Å². The molecule has 3 rings (SSSR count). The molecule has 1 atom stereocenters. The van der Waals surface area contributed by atoms with E-state index in [0.29, 0.717) is 19.7 Å². The Morgan fingerprint density at radius 2 is 2.04 bits per heavy atom. The lowest BCUT2D eigenvalue weighted by molar-refractivity contribution is -0.147. The van der Waals surface area contributed by atoms with Crippen molar-refractivity contribution in [1.82, 2.24) is 9.80 Å². The van der Waals surface area contributed by atoms with Gasteiger partial charge in [0.2, 0.25) is 11.8 Å². The van der Waals surface area contributed by atoms with Gasteiger partial charge >= 0.3 is 0 Å². The molecule has 2 fully saturated rings. The second kappa shape index (κ2) is 9.51. The molecule has 2 heterocycles. The molecular weight excluding hydrogens is 348 g/mol. The number of ether oxygens (including phenoxy) is 1. The van der Waals surface area contributed by atoms with E-state index in [0.717, 1.165) is 49.9 Å². The highest BCUT2D eigenvalue weighted by Crippen LogP contribution is 2.29. The third kappa shape index (κ3) is 4.65. The molecule has 144 valence electrons. The third-order valence-corrected chi connectivity index (χ3v) is 6.44. The second-order valence-electron chi connectivity index (χ2n) is 7.36. The third-order valence-electron chi connectivity index (χ3n) is 5.58. The minimum Gasteiger partial charge on any atom is -0.383 e. The topological polar surface area (TPSA) is 49.9 Å². The summed E-state index contributed by atoms with van der Waals surface area (Å²) in [7, 11) is 1.66. The zero-order chi connectivity index (χ0) is 18.4. The summed E-state index contributed by atoms with van der Waals surface area (Å²) in [4.78, 5) is 31.2. The lowest BCUT2D eigenvalue weighted by atomic mass is 9.88. The van der Waals surface area contributed by atoms with Gasteiger partial charge in [0.25, 0.3) is 0 Å². The van der Waals surface area contributed by atoms with Crippen LogP contribution in [0.4, 0.5) is 0 Å². The van der Waals surface area contributed by atoms with Crippen LogP contribution >= 0.6 is 11.3 Å². The minimum atomic E-state index is -0.291. The smallest absolute Gasteiger partial charge is 0.245 e. The molecule has 26 heavy (non-hydrogen) atoms. The normalized spacial score (nSPS) is 21.1. The van der Waals surface area contributed by atoms with Gasteiger partial charge in [0.1, 0.15) is 6.04 Å². The Hall–Kier alpha value is -1.40. The quantitative estimate of drug-likeness (QED) is 0.731. The lowest BCUT2D eigenvalue weighted by Crippen LogP contribution is -2.50. The van der Waals surface area contributed by atoms with E-state index in [1.807, 2.05) is 21.2 Å². The summed E-state index contributed by atoms with van der Waals surface area (Å²) in [6.07, 6.45) is 7.19. The Bertz CT molecular complexity index is 584. The van der Waals surface area contributed by atoms with Crippen LogP contribution < -0.4 is 0 Å². The van der Waals surface area contributed by atoms with E-state index in [1.54, 1.807) is 18.4 Å². The van der Waals surface area contributed by atoms with Crippen LogP contribution in [0.1, 0.15) is 49.8 Å². The van der Waals surface area contributed by atoms with Crippen molar-refractivity contribution < 1.29 is 14.3 Å². The van der Waals surface area contributed by atoms with E-state index in [4.69, 9.17) is 4.74 Å². The Kier molecular flexibility index (Phi) is 7.08. The van der Waals surface area contributed by atoms with Gasteiger partial charge in [0.15, 0.2) is 0 Å². The summed E-state index contributed by atoms with van der Waals surface area (Å²) in [6, 6.07) is 3.77. The average Bonchev–Trinajstić information content (AvgIpc) is 3.36. The number of hydrogen-bond acceptors (Lipinski definition) is 4. The van der Waals surface area contributed by atoms with Crippen molar-refractivity contribution in [2.24, 2.45) is 5.92 Å². The summed E-state index contributed by atoms with van der Waals surface area (Å²) < 4.78 is 5.20. The van der Waals surface area contributed by atoms with Gasteiger partial charge in [0, 0.05) is 31.0 Å². The number of carbonyl (C=O) groups excluding carboxylic acids is 2. The van der Waals surface area contributed by atoms with Crippen LogP contribution in [0, 0.1) is 5.92 Å². The SMILES string of the molecule is COCCN(Cc1cccs1)C(=O)[C@@H]1CCCN1C(=O)C1CCCCC1. The van der Waals surface area contributed by atoms with Gasteiger partial charge < -0.3 is 14.5 Å². The predicted octanol–water partition coefficient (Wildman–Crippen LogP) is 3.29. The van der Waals surface area contributed by atoms with E-state index in [2.05, 4.69) is 6.07 Å². The van der Waals surface area contributed by atoms with Crippen LogP contribution in [-0.4, -0.2) is 54.5 Å². The number of hydrogen-bond donors (Lipinski definition) is 0. The minimum absolute atomic E-state index is 0.0807. The summed E-state index contributed by atoms with van der Waals surface area (Å²) in [5.41, 5.74) is 0. The standard InChI is InChI=1S/C20H30N2O3S/c1-25-13-12-21(15-17-9-6-14-26-17)20(24)18-10-5-11-22(18)19(23)16-7-3-2-4-8-16/h6,9,14,16,18H,2-5,7-8,10-13,15H2,1H3/t18-/m0/s1. The molecule has 0 radical (unpaired) electrons. The van der Waals surface area contributed by atoms with Crippen LogP contribution in [0.2, 0.25) is 0 Å². The molecule has 6 heteroatoms. The fourth-order valence-corrected chi connectivity index (χ4v) is 4.86. The molecule has 1 aliphatic carbocycles. The Labute approximate surface area is 160 Å². The lowest BCUT2D eigenvalue weighted by Gasteiger charge is -2.33. The molecule has 0 spiro atoms. The Balaban J connectivity index is 1.68. The predicted molar refractivity (Wildman–Crippen MR) is 103 cm³/mol. The summed E-state index contributed by atoms with van der Waals surface area (Å²) >= 11 is 1.66. The summed E-state index contributed by atoms with van der Waals surface area (Å²) in [6.45, 7) is 2.40. The van der Waals surface area contributed by atoms with Gasteiger partial charge in [-0.25, -0.2) is 0 Å². The molecule has 2 amide bonds. The fourth-order valence-electron chi connectivity index (χ4n) is 4.14. The van der Waals surface area contributed by atoms with Gasteiger partial charge in [-0.1, -0.05) is 25.3 Å².